The van der Waals surface area contributed by atoms with Crippen molar-refractivity contribution in [1.82, 2.24) is 0 Å². The van der Waals surface area contributed by atoms with E-state index in [4.69, 9.17) is 4.74 Å². The molecule has 0 aromatic rings. The van der Waals surface area contributed by atoms with E-state index in [-0.39, 0.29) is 5.75 Å². The maximum atomic E-state index is 11.5. The van der Waals surface area contributed by atoms with Gasteiger partial charge in [-0.15, -0.1) is 0 Å². The number of alkyl halides is 2. The van der Waals surface area contributed by atoms with Crippen LogP contribution < -0.4 is 0 Å². The van der Waals surface area contributed by atoms with Gasteiger partial charge in [0.1, 0.15) is 0 Å². The second-order valence-corrected chi connectivity index (χ2v) is 2.96. The molecule has 0 aromatic heterocycles. The highest BCUT2D eigenvalue weighted by atomic mass is 32.2. The third-order valence-corrected chi connectivity index (χ3v) is 1.95. The molecule has 0 aliphatic rings. The van der Waals surface area contributed by atoms with Crippen LogP contribution in [0.4, 0.5) is 8.78 Å². The molecule has 0 saturated heterocycles. The summed E-state index contributed by atoms with van der Waals surface area (Å²) in [6.45, 7) is 0.663. The molecule has 0 aliphatic heterocycles. The van der Waals surface area contributed by atoms with Gasteiger partial charge in [0.25, 0.3) is 0 Å². The second kappa shape index (κ2) is 7.28. The molecule has 0 radical (unpaired) electrons. The van der Waals surface area contributed by atoms with Gasteiger partial charge in [-0.3, -0.25) is 0 Å². The first-order valence-electron chi connectivity index (χ1n) is 3.12. The van der Waals surface area contributed by atoms with Gasteiger partial charge >= 0.3 is 0 Å². The topological polar surface area (TPSA) is 9.23 Å². The lowest BCUT2D eigenvalue weighted by Gasteiger charge is -1.98. The largest absolute Gasteiger partial charge is 0.385 e. The van der Waals surface area contributed by atoms with Crippen LogP contribution in [-0.4, -0.2) is 31.6 Å². The van der Waals surface area contributed by atoms with Crippen molar-refractivity contribution in [3.63, 3.8) is 0 Å². The molecule has 0 bridgehead atoms. The number of hydrogen-bond donors (Lipinski definition) is 0. The summed E-state index contributed by atoms with van der Waals surface area (Å²) in [7, 11) is 1.61. The van der Waals surface area contributed by atoms with Gasteiger partial charge in [0.2, 0.25) is 6.43 Å². The molecule has 10 heavy (non-hydrogen) atoms. The fraction of sp³-hybridized carbons (Fsp3) is 1.00. The van der Waals surface area contributed by atoms with E-state index in [0.717, 1.165) is 12.2 Å². The summed E-state index contributed by atoms with van der Waals surface area (Å²) in [6, 6.07) is 0. The Bertz CT molecular complexity index is 70.8. The van der Waals surface area contributed by atoms with E-state index in [2.05, 4.69) is 0 Å². The lowest BCUT2D eigenvalue weighted by Crippen LogP contribution is -1.97. The number of ether oxygens (including phenoxy) is 1. The summed E-state index contributed by atoms with van der Waals surface area (Å²) in [6.07, 6.45) is -1.32. The minimum Gasteiger partial charge on any atom is -0.385 e. The zero-order valence-electron chi connectivity index (χ0n) is 5.98. The van der Waals surface area contributed by atoms with E-state index in [1.807, 2.05) is 0 Å². The van der Waals surface area contributed by atoms with Gasteiger partial charge in [-0.2, -0.15) is 11.8 Å². The zero-order valence-corrected chi connectivity index (χ0v) is 6.79. The van der Waals surface area contributed by atoms with E-state index >= 15 is 0 Å². The van der Waals surface area contributed by atoms with Gasteiger partial charge in [0.15, 0.2) is 0 Å². The predicted octanol–water partition coefficient (Wildman–Crippen LogP) is 2.02. The molecule has 0 unspecified atom stereocenters. The van der Waals surface area contributed by atoms with Gasteiger partial charge in [0.05, 0.1) is 5.75 Å². The summed E-state index contributed by atoms with van der Waals surface area (Å²) in [5.41, 5.74) is 0. The summed E-state index contributed by atoms with van der Waals surface area (Å²) in [5, 5.41) is 0. The Morgan fingerprint density at radius 1 is 1.50 bits per heavy atom. The van der Waals surface area contributed by atoms with Crippen LogP contribution in [0.1, 0.15) is 6.42 Å². The number of rotatable bonds is 6. The molecular weight excluding hydrogens is 158 g/mol. The Hall–Kier alpha value is 0.170. The molecule has 0 heterocycles. The lowest BCUT2D eigenvalue weighted by atomic mass is 10.5. The Kier molecular flexibility index (Phi) is 7.40. The highest BCUT2D eigenvalue weighted by Gasteiger charge is 2.00. The minimum absolute atomic E-state index is 0.0519. The van der Waals surface area contributed by atoms with E-state index in [0.29, 0.717) is 6.61 Å². The van der Waals surface area contributed by atoms with Crippen LogP contribution in [0, 0.1) is 0 Å². The Labute approximate surface area is 64.1 Å². The van der Waals surface area contributed by atoms with Crippen molar-refractivity contribution in [2.24, 2.45) is 0 Å². The van der Waals surface area contributed by atoms with E-state index in [1.54, 1.807) is 7.11 Å². The van der Waals surface area contributed by atoms with Crippen molar-refractivity contribution in [2.75, 3.05) is 25.2 Å². The fourth-order valence-corrected chi connectivity index (χ4v) is 1.14. The van der Waals surface area contributed by atoms with Crippen molar-refractivity contribution in [3.05, 3.63) is 0 Å². The maximum absolute atomic E-state index is 11.5. The molecule has 0 amide bonds. The summed E-state index contributed by atoms with van der Waals surface area (Å²) < 4.78 is 27.7. The SMILES string of the molecule is COCCCSCC(F)F. The standard InChI is InChI=1S/C6H12F2OS/c1-9-3-2-4-10-5-6(7)8/h6H,2-5H2,1H3. The molecule has 0 fully saturated rings. The average molecular weight is 170 g/mol. The number of halogens is 2. The van der Waals surface area contributed by atoms with Crippen molar-refractivity contribution in [2.45, 2.75) is 12.8 Å². The Morgan fingerprint density at radius 3 is 2.70 bits per heavy atom. The number of methoxy groups -OCH3 is 1. The monoisotopic (exact) mass is 170 g/mol. The highest BCUT2D eigenvalue weighted by molar-refractivity contribution is 7.99. The number of thioether (sulfide) groups is 1. The summed E-state index contributed by atoms with van der Waals surface area (Å²) >= 11 is 1.27. The average Bonchev–Trinajstić information content (AvgIpc) is 1.87. The molecule has 4 heteroatoms. The first-order chi connectivity index (χ1) is 4.77. The van der Waals surface area contributed by atoms with Crippen LogP contribution in [0.5, 0.6) is 0 Å². The minimum atomic E-state index is -2.17. The van der Waals surface area contributed by atoms with Crippen LogP contribution in [0.25, 0.3) is 0 Å². The Balaban J connectivity index is 2.77. The Morgan fingerprint density at radius 2 is 2.20 bits per heavy atom. The van der Waals surface area contributed by atoms with Gasteiger partial charge < -0.3 is 4.74 Å². The third kappa shape index (κ3) is 8.17. The molecule has 0 N–H and O–H groups in total. The fourth-order valence-electron chi connectivity index (χ4n) is 0.478. The lowest BCUT2D eigenvalue weighted by molar-refractivity contribution is 0.176. The van der Waals surface area contributed by atoms with Crippen molar-refractivity contribution in [3.8, 4) is 0 Å². The molecular formula is C6H12F2OS. The van der Waals surface area contributed by atoms with Crippen LogP contribution in [0.3, 0.4) is 0 Å². The molecule has 0 aliphatic carbocycles. The first kappa shape index (κ1) is 10.2. The molecule has 1 nitrogen and oxygen atoms in total. The smallest absolute Gasteiger partial charge is 0.247 e. The van der Waals surface area contributed by atoms with E-state index < -0.39 is 6.43 Å². The summed E-state index contributed by atoms with van der Waals surface area (Å²) in [4.78, 5) is 0. The second-order valence-electron chi connectivity index (χ2n) is 1.81. The highest BCUT2D eigenvalue weighted by Crippen LogP contribution is 2.07. The van der Waals surface area contributed by atoms with Crippen molar-refractivity contribution in [1.29, 1.82) is 0 Å². The molecule has 62 valence electrons. The quantitative estimate of drug-likeness (QED) is 0.564. The van der Waals surface area contributed by atoms with Gasteiger partial charge in [-0.25, -0.2) is 8.78 Å². The molecule has 0 rings (SSSR count). The van der Waals surface area contributed by atoms with Crippen LogP contribution in [-0.2, 0) is 4.74 Å². The van der Waals surface area contributed by atoms with Gasteiger partial charge in [-0.1, -0.05) is 0 Å². The predicted molar refractivity (Wildman–Crippen MR) is 39.8 cm³/mol. The molecule has 0 spiro atoms. The molecule has 0 saturated carbocycles. The van der Waals surface area contributed by atoms with Crippen molar-refractivity contribution >= 4 is 11.8 Å². The van der Waals surface area contributed by atoms with Crippen molar-refractivity contribution < 1.29 is 13.5 Å². The van der Waals surface area contributed by atoms with Crippen LogP contribution in [0.15, 0.2) is 0 Å². The van der Waals surface area contributed by atoms with Gasteiger partial charge in [-0.05, 0) is 12.2 Å². The maximum Gasteiger partial charge on any atom is 0.247 e. The van der Waals surface area contributed by atoms with Gasteiger partial charge in [0, 0.05) is 13.7 Å². The normalized spacial score (nSPS) is 10.8. The first-order valence-corrected chi connectivity index (χ1v) is 4.27. The third-order valence-electron chi connectivity index (χ3n) is 0.881. The molecule has 0 atom stereocenters. The number of hydrogen-bond acceptors (Lipinski definition) is 2. The zero-order chi connectivity index (χ0) is 7.82. The molecule has 0 aromatic carbocycles. The van der Waals surface area contributed by atoms with Crippen LogP contribution >= 0.6 is 11.8 Å². The van der Waals surface area contributed by atoms with E-state index in [1.165, 1.54) is 11.8 Å². The summed E-state index contributed by atoms with van der Waals surface area (Å²) in [5.74, 6) is 0.710. The van der Waals surface area contributed by atoms with Crippen LogP contribution in [0.2, 0.25) is 0 Å². The van der Waals surface area contributed by atoms with E-state index in [9.17, 15) is 8.78 Å².